The number of rotatable bonds is 6. The fourth-order valence-electron chi connectivity index (χ4n) is 3.53. The van der Waals surface area contributed by atoms with Crippen molar-refractivity contribution in [3.05, 3.63) is 83.8 Å². The first kappa shape index (κ1) is 29.7. The summed E-state index contributed by atoms with van der Waals surface area (Å²) in [7, 11) is 0. The second kappa shape index (κ2) is 14.9. The van der Waals surface area contributed by atoms with Gasteiger partial charge in [-0.05, 0) is 66.4 Å². The molecular weight excluding hydrogens is 575 g/mol. The molecule has 2 aromatic carbocycles. The predicted octanol–water partition coefficient (Wildman–Crippen LogP) is 5.16. The molecule has 0 spiro atoms. The molecule has 193 valence electrons. The van der Waals surface area contributed by atoms with Gasteiger partial charge >= 0.3 is 0 Å². The molecule has 5 N–H and O–H groups in total. The molecule has 0 unspecified atom stereocenters. The fraction of sp³-hybridized carbons (Fsp3) is 0.185. The van der Waals surface area contributed by atoms with Gasteiger partial charge in [-0.3, -0.25) is 9.97 Å². The molecular formula is C27H28N7O2SY-. The average molecular weight is 604 g/mol. The molecule has 4 aromatic rings. The molecule has 2 aromatic heterocycles. The van der Waals surface area contributed by atoms with Crippen molar-refractivity contribution >= 4 is 40.5 Å². The Kier molecular flexibility index (Phi) is 11.6. The average Bonchev–Trinajstić information content (AvgIpc) is 2.94. The van der Waals surface area contributed by atoms with Crippen LogP contribution in [0.25, 0.3) is 33.1 Å². The summed E-state index contributed by atoms with van der Waals surface area (Å²) in [5.41, 5.74) is 11.8. The molecule has 1 aliphatic rings. The Bertz CT molecular complexity index is 1400. The minimum Gasteiger partial charge on any atom is -0.659 e. The van der Waals surface area contributed by atoms with Crippen LogP contribution < -0.4 is 10.5 Å². The molecule has 0 aliphatic carbocycles. The number of nitrogens with one attached hydrogen (secondary N) is 2. The van der Waals surface area contributed by atoms with Crippen LogP contribution in [0.2, 0.25) is 0 Å². The minimum atomic E-state index is 0. The van der Waals surface area contributed by atoms with Crippen molar-refractivity contribution in [2.24, 2.45) is 5.73 Å². The van der Waals surface area contributed by atoms with Crippen LogP contribution in [0, 0.1) is 12.3 Å². The van der Waals surface area contributed by atoms with Crippen molar-refractivity contribution in [3.8, 4) is 16.9 Å². The van der Waals surface area contributed by atoms with E-state index in [0.717, 1.165) is 65.3 Å². The SMILES string of the molecule is C1COCC[N-]1.Cc1cc(O)ccc1SNc1cncc(-c2ccc3ncc(/C(C=N)=C/N)nc3c2)c1.[Y]. The summed E-state index contributed by atoms with van der Waals surface area (Å²) < 4.78 is 8.28. The Labute approximate surface area is 251 Å². The molecule has 0 amide bonds. The number of aromatic hydroxyl groups is 1. The van der Waals surface area contributed by atoms with Crippen molar-refractivity contribution in [2.45, 2.75) is 11.8 Å². The number of hydrogen-bond donors (Lipinski definition) is 4. The zero-order chi connectivity index (χ0) is 26.0. The monoisotopic (exact) mass is 603 g/mol. The van der Waals surface area contributed by atoms with Gasteiger partial charge in [-0.25, -0.2) is 4.98 Å². The third-order valence-electron chi connectivity index (χ3n) is 5.47. The zero-order valence-electron chi connectivity index (χ0n) is 21.0. The summed E-state index contributed by atoms with van der Waals surface area (Å²) in [6.45, 7) is 5.42. The van der Waals surface area contributed by atoms with Gasteiger partial charge in [-0.2, -0.15) is 0 Å². The van der Waals surface area contributed by atoms with E-state index < -0.39 is 0 Å². The third kappa shape index (κ3) is 8.05. The molecule has 5 rings (SSSR count). The Morgan fingerprint density at radius 3 is 2.55 bits per heavy atom. The van der Waals surface area contributed by atoms with Crippen LogP contribution >= 0.6 is 11.9 Å². The van der Waals surface area contributed by atoms with Crippen LogP contribution in [0.1, 0.15) is 11.3 Å². The Hall–Kier alpha value is -2.89. The van der Waals surface area contributed by atoms with Gasteiger partial charge < -0.3 is 31.0 Å². The number of anilines is 1. The van der Waals surface area contributed by atoms with Gasteiger partial charge in [0.15, 0.2) is 0 Å². The Balaban J connectivity index is 0.000000504. The quantitative estimate of drug-likeness (QED) is 0.175. The molecule has 38 heavy (non-hydrogen) atoms. The maximum atomic E-state index is 9.57. The number of aromatic nitrogens is 3. The van der Waals surface area contributed by atoms with Crippen LogP contribution in [0.3, 0.4) is 0 Å². The fourth-order valence-corrected chi connectivity index (χ4v) is 4.22. The number of hydrogen-bond acceptors (Lipinski definition) is 9. The van der Waals surface area contributed by atoms with E-state index in [4.69, 9.17) is 15.9 Å². The second-order valence-electron chi connectivity index (χ2n) is 8.12. The molecule has 0 bridgehead atoms. The molecule has 11 heteroatoms. The van der Waals surface area contributed by atoms with E-state index in [1.807, 2.05) is 37.3 Å². The smallest absolute Gasteiger partial charge is 0.115 e. The molecule has 9 nitrogen and oxygen atoms in total. The van der Waals surface area contributed by atoms with Crippen LogP contribution in [-0.2, 0) is 37.4 Å². The summed E-state index contributed by atoms with van der Waals surface area (Å²) in [5, 5.41) is 21.1. The van der Waals surface area contributed by atoms with Crippen molar-refractivity contribution in [2.75, 3.05) is 31.0 Å². The molecule has 1 aliphatic heterocycles. The molecule has 0 saturated carbocycles. The minimum absolute atomic E-state index is 0. The number of nitrogens with zero attached hydrogens (tertiary/aromatic N) is 4. The Morgan fingerprint density at radius 2 is 1.89 bits per heavy atom. The molecule has 1 radical (unpaired) electrons. The number of pyridine rings is 1. The number of fused-ring (bicyclic) bond motifs is 1. The van der Waals surface area contributed by atoms with Crippen molar-refractivity contribution in [1.82, 2.24) is 15.0 Å². The van der Waals surface area contributed by atoms with Crippen molar-refractivity contribution in [1.29, 1.82) is 5.41 Å². The normalized spacial score (nSPS) is 13.1. The van der Waals surface area contributed by atoms with E-state index >= 15 is 0 Å². The van der Waals surface area contributed by atoms with Crippen molar-refractivity contribution < 1.29 is 42.6 Å². The van der Waals surface area contributed by atoms with E-state index in [9.17, 15) is 5.11 Å². The maximum absolute atomic E-state index is 9.57. The number of allylic oxidation sites excluding steroid dienone is 1. The van der Waals surface area contributed by atoms with Crippen LogP contribution in [0.4, 0.5) is 5.69 Å². The summed E-state index contributed by atoms with van der Waals surface area (Å²) in [6, 6.07) is 13.1. The first-order valence-corrected chi connectivity index (χ1v) is 12.5. The van der Waals surface area contributed by atoms with Gasteiger partial charge in [0.1, 0.15) is 5.75 Å². The third-order valence-corrected chi connectivity index (χ3v) is 6.49. The molecule has 1 fully saturated rings. The van der Waals surface area contributed by atoms with Crippen LogP contribution in [0.5, 0.6) is 5.75 Å². The number of aryl methyl sites for hydroxylation is 1. The van der Waals surface area contributed by atoms with E-state index in [-0.39, 0.29) is 38.5 Å². The number of ether oxygens (including phenoxy) is 1. The van der Waals surface area contributed by atoms with Gasteiger partial charge in [0.05, 0.1) is 34.8 Å². The van der Waals surface area contributed by atoms with E-state index in [1.54, 1.807) is 30.7 Å². The van der Waals surface area contributed by atoms with Gasteiger partial charge in [0.2, 0.25) is 0 Å². The van der Waals surface area contributed by atoms with Gasteiger partial charge in [0, 0.05) is 80.6 Å². The first-order chi connectivity index (χ1) is 18.1. The standard InChI is InChI=1S/C23H20N6OS.C4H8NO.Y/c1-14-6-19(30)3-5-23(14)31-29-18-7-16(11-26-12-18)15-2-4-20-21(8-15)28-22(13-27-20)17(9-24)10-25;1-3-6-4-2-5-1;/h2-13,24,29-30H,25H2,1H3;1-4H2;/q;-1;/b17-10+,24-9?;;. The number of phenols is 1. The van der Waals surface area contributed by atoms with E-state index in [0.29, 0.717) is 16.8 Å². The number of morpholine rings is 1. The Morgan fingerprint density at radius 1 is 1.08 bits per heavy atom. The largest absolute Gasteiger partial charge is 0.659 e. The van der Waals surface area contributed by atoms with Gasteiger partial charge in [-0.15, -0.1) is 13.1 Å². The van der Waals surface area contributed by atoms with Crippen LogP contribution in [0.15, 0.2) is 72.2 Å². The van der Waals surface area contributed by atoms with E-state index in [1.165, 1.54) is 18.1 Å². The number of nitrogens with two attached hydrogens (primary N) is 1. The van der Waals surface area contributed by atoms with E-state index in [2.05, 4.69) is 25.0 Å². The van der Waals surface area contributed by atoms with Gasteiger partial charge in [-0.1, -0.05) is 6.07 Å². The topological polar surface area (TPSA) is 144 Å². The number of benzene rings is 2. The maximum Gasteiger partial charge on any atom is 0.115 e. The van der Waals surface area contributed by atoms with Crippen LogP contribution in [-0.4, -0.2) is 52.6 Å². The zero-order valence-corrected chi connectivity index (χ0v) is 24.6. The molecule has 0 atom stereocenters. The number of phenolic OH excluding ortho intramolecular Hbond substituents is 1. The summed E-state index contributed by atoms with van der Waals surface area (Å²) in [5.74, 6) is 0.253. The summed E-state index contributed by atoms with van der Waals surface area (Å²) >= 11 is 1.46. The second-order valence-corrected chi connectivity index (χ2v) is 8.97. The first-order valence-electron chi connectivity index (χ1n) is 11.7. The molecule has 3 heterocycles. The molecule has 1 saturated heterocycles. The van der Waals surface area contributed by atoms with Crippen molar-refractivity contribution in [3.63, 3.8) is 0 Å². The van der Waals surface area contributed by atoms with Gasteiger partial charge in [0.25, 0.3) is 0 Å². The predicted molar refractivity (Wildman–Crippen MR) is 150 cm³/mol. The summed E-state index contributed by atoms with van der Waals surface area (Å²) in [4.78, 5) is 14.4. The summed E-state index contributed by atoms with van der Waals surface area (Å²) in [6.07, 6.45) is 7.67.